The van der Waals surface area contributed by atoms with Crippen molar-refractivity contribution < 1.29 is 19.4 Å². The molecule has 0 fully saturated rings. The number of rotatable bonds is 5. The Bertz CT molecular complexity index is 410. The molecule has 0 spiro atoms. The van der Waals surface area contributed by atoms with Gasteiger partial charge in [0.2, 0.25) is 0 Å². The van der Waals surface area contributed by atoms with Gasteiger partial charge in [0.05, 0.1) is 19.8 Å². The molecular formula is C14H20O4. The molecule has 0 saturated carbocycles. The van der Waals surface area contributed by atoms with Crippen LogP contribution >= 0.6 is 0 Å². The molecule has 0 aliphatic rings. The molecule has 1 aromatic carbocycles. The van der Waals surface area contributed by atoms with Crippen LogP contribution in [-0.2, 0) is 0 Å². The first-order valence-corrected chi connectivity index (χ1v) is 5.79. The Morgan fingerprint density at radius 2 is 1.61 bits per heavy atom. The Morgan fingerprint density at radius 1 is 1.17 bits per heavy atom. The molecule has 0 amide bonds. The van der Waals surface area contributed by atoms with E-state index < -0.39 is 11.5 Å². The second-order valence-corrected chi connectivity index (χ2v) is 4.84. The number of Topliss-reactive ketones (excluding diaryl/α,β-unsaturated/α-hetero) is 1. The van der Waals surface area contributed by atoms with Gasteiger partial charge in [0, 0.05) is 17.5 Å². The van der Waals surface area contributed by atoms with Crippen LogP contribution in [0.25, 0.3) is 0 Å². The zero-order valence-corrected chi connectivity index (χ0v) is 11.5. The molecule has 4 heteroatoms. The maximum absolute atomic E-state index is 12.3. The van der Waals surface area contributed by atoms with E-state index in [2.05, 4.69) is 0 Å². The molecule has 4 nitrogen and oxygen atoms in total. The average Bonchev–Trinajstić information content (AvgIpc) is 2.35. The lowest BCUT2D eigenvalue weighted by Crippen LogP contribution is -2.34. The van der Waals surface area contributed by atoms with Crippen molar-refractivity contribution in [2.75, 3.05) is 14.2 Å². The number of aliphatic hydroxyl groups is 1. The number of hydrogen-bond donors (Lipinski definition) is 1. The van der Waals surface area contributed by atoms with E-state index in [0.717, 1.165) is 0 Å². The Hall–Kier alpha value is -1.55. The van der Waals surface area contributed by atoms with E-state index in [9.17, 15) is 9.90 Å². The molecule has 0 aliphatic carbocycles. The zero-order valence-electron chi connectivity index (χ0n) is 11.5. The molecule has 100 valence electrons. The number of carbonyl (C=O) groups excluding carboxylic acids is 1. The lowest BCUT2D eigenvalue weighted by molar-refractivity contribution is 0.0252. The number of benzene rings is 1. The van der Waals surface area contributed by atoms with Crippen LogP contribution in [0.15, 0.2) is 18.2 Å². The Balaban J connectivity index is 3.12. The fraction of sp³-hybridized carbons (Fsp3) is 0.500. The van der Waals surface area contributed by atoms with Crippen molar-refractivity contribution in [1.29, 1.82) is 0 Å². The summed E-state index contributed by atoms with van der Waals surface area (Å²) in [6.07, 6.45) is 0. The van der Waals surface area contributed by atoms with Crippen molar-refractivity contribution in [1.82, 2.24) is 0 Å². The van der Waals surface area contributed by atoms with Crippen molar-refractivity contribution in [3.05, 3.63) is 23.8 Å². The highest BCUT2D eigenvalue weighted by Crippen LogP contribution is 2.27. The molecule has 0 radical (unpaired) electrons. The summed E-state index contributed by atoms with van der Waals surface area (Å²) >= 11 is 0. The first-order chi connectivity index (χ1) is 8.29. The summed E-state index contributed by atoms with van der Waals surface area (Å²) in [5.74, 6) is 0.468. The molecule has 18 heavy (non-hydrogen) atoms. The summed E-state index contributed by atoms with van der Waals surface area (Å²) in [4.78, 5) is 12.3. The van der Waals surface area contributed by atoms with Crippen LogP contribution in [0.5, 0.6) is 11.5 Å². The van der Waals surface area contributed by atoms with Crippen molar-refractivity contribution in [3.8, 4) is 11.5 Å². The molecule has 0 aliphatic heterocycles. The highest BCUT2D eigenvalue weighted by molar-refractivity contribution is 5.99. The van der Waals surface area contributed by atoms with E-state index in [1.807, 2.05) is 0 Å². The summed E-state index contributed by atoms with van der Waals surface area (Å²) in [6.45, 7) is 4.94. The molecule has 0 bridgehead atoms. The predicted octanol–water partition coefficient (Wildman–Crippen LogP) is 2.29. The van der Waals surface area contributed by atoms with Gasteiger partial charge < -0.3 is 14.6 Å². The Labute approximate surface area is 108 Å². The molecule has 0 aromatic heterocycles. The van der Waals surface area contributed by atoms with Crippen LogP contribution in [0.4, 0.5) is 0 Å². The standard InChI is InChI=1S/C14H20O4/c1-9(14(2,3)16)13(15)10-6-11(17-4)8-12(7-10)18-5/h6-9,16H,1-5H3. The number of ether oxygens (including phenoxy) is 2. The first kappa shape index (κ1) is 14.5. The van der Waals surface area contributed by atoms with Gasteiger partial charge in [-0.15, -0.1) is 0 Å². The maximum Gasteiger partial charge on any atom is 0.168 e. The summed E-state index contributed by atoms with van der Waals surface area (Å²) in [7, 11) is 3.06. The van der Waals surface area contributed by atoms with Gasteiger partial charge in [-0.3, -0.25) is 4.79 Å². The van der Waals surface area contributed by atoms with Gasteiger partial charge >= 0.3 is 0 Å². The largest absolute Gasteiger partial charge is 0.497 e. The van der Waals surface area contributed by atoms with Crippen molar-refractivity contribution in [2.24, 2.45) is 5.92 Å². The third kappa shape index (κ3) is 3.23. The van der Waals surface area contributed by atoms with Gasteiger partial charge in [-0.1, -0.05) is 6.92 Å². The third-order valence-corrected chi connectivity index (χ3v) is 3.09. The first-order valence-electron chi connectivity index (χ1n) is 5.79. The van der Waals surface area contributed by atoms with Crippen LogP contribution in [-0.4, -0.2) is 30.7 Å². The minimum absolute atomic E-state index is 0.139. The van der Waals surface area contributed by atoms with E-state index in [0.29, 0.717) is 17.1 Å². The van der Waals surface area contributed by atoms with Crippen LogP contribution in [0.1, 0.15) is 31.1 Å². The highest BCUT2D eigenvalue weighted by Gasteiger charge is 2.30. The van der Waals surface area contributed by atoms with Gasteiger partial charge in [0.25, 0.3) is 0 Å². The highest BCUT2D eigenvalue weighted by atomic mass is 16.5. The Morgan fingerprint density at radius 3 is 1.94 bits per heavy atom. The predicted molar refractivity (Wildman–Crippen MR) is 69.3 cm³/mol. The minimum Gasteiger partial charge on any atom is -0.497 e. The van der Waals surface area contributed by atoms with Gasteiger partial charge in [-0.25, -0.2) is 0 Å². The summed E-state index contributed by atoms with van der Waals surface area (Å²) in [5.41, 5.74) is -0.589. The molecule has 1 N–H and O–H groups in total. The van der Waals surface area contributed by atoms with Crippen molar-refractivity contribution in [2.45, 2.75) is 26.4 Å². The molecular weight excluding hydrogens is 232 g/mol. The quantitative estimate of drug-likeness (QED) is 0.817. The van der Waals surface area contributed by atoms with Gasteiger partial charge in [0.15, 0.2) is 5.78 Å². The van der Waals surface area contributed by atoms with Gasteiger partial charge in [-0.2, -0.15) is 0 Å². The van der Waals surface area contributed by atoms with E-state index >= 15 is 0 Å². The van der Waals surface area contributed by atoms with Crippen LogP contribution in [0, 0.1) is 5.92 Å². The normalized spacial score (nSPS) is 13.0. The van der Waals surface area contributed by atoms with Gasteiger partial charge in [-0.05, 0) is 26.0 Å². The van der Waals surface area contributed by atoms with Crippen molar-refractivity contribution >= 4 is 5.78 Å². The van der Waals surface area contributed by atoms with E-state index in [4.69, 9.17) is 9.47 Å². The molecule has 0 saturated heterocycles. The van der Waals surface area contributed by atoms with E-state index in [-0.39, 0.29) is 5.78 Å². The summed E-state index contributed by atoms with van der Waals surface area (Å²) in [6, 6.07) is 4.99. The third-order valence-electron chi connectivity index (χ3n) is 3.09. The topological polar surface area (TPSA) is 55.8 Å². The van der Waals surface area contributed by atoms with E-state index in [1.54, 1.807) is 39.0 Å². The van der Waals surface area contributed by atoms with Crippen LogP contribution < -0.4 is 9.47 Å². The van der Waals surface area contributed by atoms with E-state index in [1.165, 1.54) is 14.2 Å². The number of methoxy groups -OCH3 is 2. The molecule has 1 rings (SSSR count). The second kappa shape index (κ2) is 5.40. The number of hydrogen-bond acceptors (Lipinski definition) is 4. The minimum atomic E-state index is -1.06. The van der Waals surface area contributed by atoms with Gasteiger partial charge in [0.1, 0.15) is 11.5 Å². The average molecular weight is 252 g/mol. The van der Waals surface area contributed by atoms with Crippen LogP contribution in [0.2, 0.25) is 0 Å². The number of ketones is 1. The zero-order chi connectivity index (χ0) is 13.9. The summed E-state index contributed by atoms with van der Waals surface area (Å²) < 4.78 is 10.2. The fourth-order valence-corrected chi connectivity index (χ4v) is 1.52. The summed E-state index contributed by atoms with van der Waals surface area (Å²) in [5, 5.41) is 9.89. The van der Waals surface area contributed by atoms with Crippen molar-refractivity contribution in [3.63, 3.8) is 0 Å². The maximum atomic E-state index is 12.3. The smallest absolute Gasteiger partial charge is 0.168 e. The Kier molecular flexibility index (Phi) is 4.35. The molecule has 0 heterocycles. The number of carbonyl (C=O) groups is 1. The monoisotopic (exact) mass is 252 g/mol. The molecule has 1 atom stereocenters. The van der Waals surface area contributed by atoms with Crippen LogP contribution in [0.3, 0.4) is 0 Å². The lowest BCUT2D eigenvalue weighted by Gasteiger charge is -2.24. The second-order valence-electron chi connectivity index (χ2n) is 4.84. The fourth-order valence-electron chi connectivity index (χ4n) is 1.52. The SMILES string of the molecule is COc1cc(OC)cc(C(=O)C(C)C(C)(C)O)c1. The lowest BCUT2D eigenvalue weighted by atomic mass is 9.86. The molecule has 1 aromatic rings. The molecule has 1 unspecified atom stereocenters.